The average Bonchev–Trinajstić information content (AvgIpc) is 2.92. The molecule has 1 heterocycles. The molecule has 0 saturated carbocycles. The van der Waals surface area contributed by atoms with E-state index >= 15 is 0 Å². The highest BCUT2D eigenvalue weighted by molar-refractivity contribution is 5.33. The molecule has 1 aliphatic heterocycles. The number of ether oxygens (including phenoxy) is 2. The second kappa shape index (κ2) is 7.83. The number of para-hydroxylation sites is 1. The van der Waals surface area contributed by atoms with E-state index in [2.05, 4.69) is 4.74 Å². The number of hydrogen-bond donors (Lipinski definition) is 0. The van der Waals surface area contributed by atoms with Crippen molar-refractivity contribution in [2.24, 2.45) is 0 Å². The molecule has 22 heavy (non-hydrogen) atoms. The molecule has 0 N–H and O–H groups in total. The molecular formula is C16H22F3NO2. The zero-order valence-corrected chi connectivity index (χ0v) is 12.7. The fraction of sp³-hybridized carbons (Fsp3) is 0.625. The summed E-state index contributed by atoms with van der Waals surface area (Å²) in [6, 6.07) is 6.28. The second-order valence-corrected chi connectivity index (χ2v) is 5.67. The third kappa shape index (κ3) is 5.85. The van der Waals surface area contributed by atoms with Gasteiger partial charge in [-0.1, -0.05) is 18.2 Å². The summed E-state index contributed by atoms with van der Waals surface area (Å²) < 4.78 is 46.8. The summed E-state index contributed by atoms with van der Waals surface area (Å²) in [6.45, 7) is 2.10. The second-order valence-electron chi connectivity index (χ2n) is 5.67. The predicted octanol–water partition coefficient (Wildman–Crippen LogP) is 3.98. The van der Waals surface area contributed by atoms with E-state index in [9.17, 15) is 13.2 Å². The first-order chi connectivity index (χ1) is 10.4. The molecule has 1 atom stereocenters. The fourth-order valence-corrected chi connectivity index (χ4v) is 2.69. The monoisotopic (exact) mass is 317 g/mol. The summed E-state index contributed by atoms with van der Waals surface area (Å²) in [5.41, 5.74) is 0.541. The molecule has 1 aliphatic rings. The maximum Gasteiger partial charge on any atom is 0.573 e. The molecule has 2 rings (SSSR count). The quantitative estimate of drug-likeness (QED) is 0.759. The number of benzene rings is 1. The van der Waals surface area contributed by atoms with Crippen LogP contribution in [0.25, 0.3) is 0 Å². The van der Waals surface area contributed by atoms with Crippen molar-refractivity contribution in [3.63, 3.8) is 0 Å². The molecule has 124 valence electrons. The Morgan fingerprint density at radius 2 is 2.09 bits per heavy atom. The molecule has 0 bridgehead atoms. The van der Waals surface area contributed by atoms with Gasteiger partial charge in [0.25, 0.3) is 0 Å². The maximum absolute atomic E-state index is 12.4. The largest absolute Gasteiger partial charge is 0.573 e. The number of hydrogen-bond acceptors (Lipinski definition) is 3. The summed E-state index contributed by atoms with van der Waals surface area (Å²) in [5, 5.41) is 0. The molecule has 0 radical (unpaired) electrons. The van der Waals surface area contributed by atoms with Crippen molar-refractivity contribution in [3.8, 4) is 5.75 Å². The number of rotatable bonds is 7. The van der Waals surface area contributed by atoms with Crippen molar-refractivity contribution < 1.29 is 22.6 Å². The highest BCUT2D eigenvalue weighted by Gasteiger charge is 2.32. The van der Waals surface area contributed by atoms with Crippen LogP contribution in [-0.2, 0) is 11.3 Å². The Balaban J connectivity index is 1.81. The highest BCUT2D eigenvalue weighted by atomic mass is 19.4. The van der Waals surface area contributed by atoms with E-state index in [1.54, 1.807) is 18.2 Å². The highest BCUT2D eigenvalue weighted by Crippen LogP contribution is 2.27. The lowest BCUT2D eigenvalue weighted by atomic mass is 10.1. The normalized spacial score (nSPS) is 18.9. The van der Waals surface area contributed by atoms with Crippen molar-refractivity contribution in [1.82, 2.24) is 4.90 Å². The summed E-state index contributed by atoms with van der Waals surface area (Å²) in [5.74, 6) is -0.124. The van der Waals surface area contributed by atoms with Crippen molar-refractivity contribution in [2.75, 3.05) is 20.2 Å². The van der Waals surface area contributed by atoms with Crippen LogP contribution in [0.1, 0.15) is 31.2 Å². The lowest BCUT2D eigenvalue weighted by Crippen LogP contribution is -2.22. The first-order valence-electron chi connectivity index (χ1n) is 7.58. The lowest BCUT2D eigenvalue weighted by Gasteiger charge is -2.20. The Morgan fingerprint density at radius 1 is 1.32 bits per heavy atom. The Hall–Kier alpha value is -1.27. The van der Waals surface area contributed by atoms with Crippen LogP contribution in [0.2, 0.25) is 0 Å². The van der Waals surface area contributed by atoms with Gasteiger partial charge in [0.1, 0.15) is 5.75 Å². The van der Waals surface area contributed by atoms with Crippen molar-refractivity contribution in [3.05, 3.63) is 29.8 Å². The van der Waals surface area contributed by atoms with Crippen LogP contribution in [0.15, 0.2) is 24.3 Å². The molecule has 6 heteroatoms. The number of alkyl halides is 3. The Bertz CT molecular complexity index is 459. The molecule has 1 unspecified atom stereocenters. The molecule has 1 aromatic rings. The van der Waals surface area contributed by atoms with Gasteiger partial charge in [0.15, 0.2) is 0 Å². The van der Waals surface area contributed by atoms with E-state index in [1.165, 1.54) is 6.07 Å². The molecule has 0 aliphatic carbocycles. The van der Waals surface area contributed by atoms with E-state index in [4.69, 9.17) is 4.74 Å². The van der Waals surface area contributed by atoms with Crippen molar-refractivity contribution in [1.29, 1.82) is 0 Å². The van der Waals surface area contributed by atoms with Gasteiger partial charge in [-0.05, 0) is 45.3 Å². The zero-order chi connectivity index (χ0) is 16.0. The van der Waals surface area contributed by atoms with Crippen LogP contribution < -0.4 is 4.74 Å². The van der Waals surface area contributed by atoms with Crippen LogP contribution in [0.5, 0.6) is 5.75 Å². The van der Waals surface area contributed by atoms with Gasteiger partial charge in [-0.3, -0.25) is 0 Å². The first kappa shape index (κ1) is 17.1. The molecule has 1 aromatic carbocycles. The van der Waals surface area contributed by atoms with E-state index < -0.39 is 6.36 Å². The van der Waals surface area contributed by atoms with Gasteiger partial charge >= 0.3 is 6.36 Å². The van der Waals surface area contributed by atoms with E-state index in [1.807, 2.05) is 11.9 Å². The third-order valence-corrected chi connectivity index (χ3v) is 3.73. The third-order valence-electron chi connectivity index (χ3n) is 3.73. The van der Waals surface area contributed by atoms with Crippen LogP contribution >= 0.6 is 0 Å². The zero-order valence-electron chi connectivity index (χ0n) is 12.7. The molecule has 0 amide bonds. The van der Waals surface area contributed by atoms with Gasteiger partial charge in [-0.15, -0.1) is 13.2 Å². The Kier molecular flexibility index (Phi) is 6.08. The van der Waals surface area contributed by atoms with Crippen LogP contribution in [-0.4, -0.2) is 37.6 Å². The van der Waals surface area contributed by atoms with Crippen molar-refractivity contribution >= 4 is 0 Å². The van der Waals surface area contributed by atoms with Crippen LogP contribution in [0, 0.1) is 0 Å². The van der Waals surface area contributed by atoms with Gasteiger partial charge in [0, 0.05) is 18.7 Å². The smallest absolute Gasteiger partial charge is 0.405 e. The fourth-order valence-electron chi connectivity index (χ4n) is 2.69. The topological polar surface area (TPSA) is 21.7 Å². The number of nitrogens with zero attached hydrogens (tertiary/aromatic N) is 1. The van der Waals surface area contributed by atoms with E-state index in [0.29, 0.717) is 18.2 Å². The van der Waals surface area contributed by atoms with E-state index in [-0.39, 0.29) is 5.75 Å². The molecular weight excluding hydrogens is 295 g/mol. The average molecular weight is 317 g/mol. The van der Waals surface area contributed by atoms with Gasteiger partial charge in [-0.25, -0.2) is 0 Å². The molecule has 0 aromatic heterocycles. The van der Waals surface area contributed by atoms with Gasteiger partial charge in [0.05, 0.1) is 6.10 Å². The Labute approximate surface area is 129 Å². The molecule has 0 spiro atoms. The minimum atomic E-state index is -4.66. The molecule has 1 fully saturated rings. The first-order valence-corrected chi connectivity index (χ1v) is 7.58. The number of halogens is 3. The maximum atomic E-state index is 12.4. The summed E-state index contributed by atoms with van der Waals surface area (Å²) in [4.78, 5) is 2.01. The summed E-state index contributed by atoms with van der Waals surface area (Å²) in [6.07, 6.45) is -0.0771. The van der Waals surface area contributed by atoms with Gasteiger partial charge in [0.2, 0.25) is 0 Å². The summed E-state index contributed by atoms with van der Waals surface area (Å²) >= 11 is 0. The minimum Gasteiger partial charge on any atom is -0.405 e. The molecule has 3 nitrogen and oxygen atoms in total. The standard InChI is InChI=1S/C16H22F3NO2/c1-20(10-4-7-14-8-5-11-21-14)12-13-6-2-3-9-15(13)22-16(17,18)19/h2-3,6,9,14H,4-5,7-8,10-12H2,1H3. The SMILES string of the molecule is CN(CCCC1CCCO1)Cc1ccccc1OC(F)(F)F. The predicted molar refractivity (Wildman–Crippen MR) is 77.7 cm³/mol. The van der Waals surface area contributed by atoms with Crippen molar-refractivity contribution in [2.45, 2.75) is 44.7 Å². The van der Waals surface area contributed by atoms with Gasteiger partial charge in [-0.2, -0.15) is 0 Å². The van der Waals surface area contributed by atoms with E-state index in [0.717, 1.165) is 38.8 Å². The minimum absolute atomic E-state index is 0.124. The molecule has 1 saturated heterocycles. The Morgan fingerprint density at radius 3 is 2.77 bits per heavy atom. The summed E-state index contributed by atoms with van der Waals surface area (Å²) in [7, 11) is 1.90. The van der Waals surface area contributed by atoms with Crippen LogP contribution in [0.4, 0.5) is 13.2 Å². The lowest BCUT2D eigenvalue weighted by molar-refractivity contribution is -0.275. The van der Waals surface area contributed by atoms with Gasteiger partial charge < -0.3 is 14.4 Å². The van der Waals surface area contributed by atoms with Crippen LogP contribution in [0.3, 0.4) is 0 Å².